The Balaban J connectivity index is 1.35. The summed E-state index contributed by atoms with van der Waals surface area (Å²) in [6.45, 7) is 8.32. The lowest BCUT2D eigenvalue weighted by Gasteiger charge is -2.31. The number of phenols is 1. The maximum atomic E-state index is 16.9. The summed E-state index contributed by atoms with van der Waals surface area (Å²) in [6, 6.07) is 7.35. The first-order valence-corrected chi connectivity index (χ1v) is 16.7. The number of benzene rings is 2. The van der Waals surface area contributed by atoms with Gasteiger partial charge in [-0.05, 0) is 81.8 Å². The van der Waals surface area contributed by atoms with Gasteiger partial charge in [0.05, 0.1) is 34.0 Å². The van der Waals surface area contributed by atoms with Crippen LogP contribution in [0.4, 0.5) is 14.6 Å². The summed E-state index contributed by atoms with van der Waals surface area (Å²) in [5.41, 5.74) is -1.12. The molecule has 3 fully saturated rings. The number of aromatic nitrogens is 3. The maximum absolute atomic E-state index is 16.9. The van der Waals surface area contributed by atoms with E-state index in [1.165, 1.54) is 36.5 Å². The highest BCUT2D eigenvalue weighted by Gasteiger charge is 2.45. The second-order valence-corrected chi connectivity index (χ2v) is 14.0. The molecule has 1 amide bonds. The molecule has 2 aromatic carbocycles. The van der Waals surface area contributed by atoms with Gasteiger partial charge >= 0.3 is 6.01 Å². The topological polar surface area (TPSA) is 119 Å². The molecule has 3 saturated heterocycles. The number of halogens is 2. The number of terminal acetylenes is 1. The molecule has 0 radical (unpaired) electrons. The third-order valence-electron chi connectivity index (χ3n) is 10.6. The molecule has 0 bridgehead atoms. The number of amides is 1. The molecular formula is C38H37F2N7O3. The van der Waals surface area contributed by atoms with Crippen molar-refractivity contribution in [3.63, 3.8) is 0 Å². The summed E-state index contributed by atoms with van der Waals surface area (Å²) in [5.74, 6) is 0.738. The molecule has 0 saturated carbocycles. The Kier molecular flexibility index (Phi) is 8.31. The van der Waals surface area contributed by atoms with Gasteiger partial charge < -0.3 is 19.6 Å². The van der Waals surface area contributed by atoms with Crippen LogP contribution in [0.3, 0.4) is 0 Å². The number of ether oxygens (including phenoxy) is 1. The Morgan fingerprint density at radius 1 is 1.26 bits per heavy atom. The Morgan fingerprint density at radius 3 is 2.72 bits per heavy atom. The van der Waals surface area contributed by atoms with E-state index in [0.29, 0.717) is 24.2 Å². The first-order chi connectivity index (χ1) is 24.0. The Labute approximate surface area is 289 Å². The largest absolute Gasteiger partial charge is 0.508 e. The van der Waals surface area contributed by atoms with Gasteiger partial charge in [-0.3, -0.25) is 14.7 Å². The van der Waals surface area contributed by atoms with Crippen molar-refractivity contribution in [2.45, 2.75) is 50.6 Å². The number of aromatic hydroxyl groups is 1. The normalized spacial score (nSPS) is 21.2. The third-order valence-corrected chi connectivity index (χ3v) is 10.6. The number of carbonyl (C=O) groups is 1. The molecule has 1 N–H and O–H groups in total. The van der Waals surface area contributed by atoms with Crippen LogP contribution in [-0.4, -0.2) is 87.2 Å². The highest BCUT2D eigenvalue weighted by molar-refractivity contribution is 6.03. The summed E-state index contributed by atoms with van der Waals surface area (Å²) in [4.78, 5) is 32.5. The van der Waals surface area contributed by atoms with E-state index >= 15 is 4.39 Å². The lowest BCUT2D eigenvalue weighted by atomic mass is 9.90. The number of nitriles is 1. The number of pyridine rings is 1. The number of nitrogens with zero attached hydrogens (tertiary/aromatic N) is 7. The van der Waals surface area contributed by atoms with Crippen molar-refractivity contribution in [1.29, 1.82) is 5.26 Å². The summed E-state index contributed by atoms with van der Waals surface area (Å²) < 4.78 is 38.1. The number of fused-ring (bicyclic) bond motifs is 3. The van der Waals surface area contributed by atoms with Gasteiger partial charge in [-0.2, -0.15) is 15.2 Å². The van der Waals surface area contributed by atoms with E-state index in [-0.39, 0.29) is 75.4 Å². The van der Waals surface area contributed by atoms with Crippen LogP contribution in [0, 0.1) is 40.7 Å². The summed E-state index contributed by atoms with van der Waals surface area (Å²) in [7, 11) is 1.77. The molecule has 4 aromatic rings. The van der Waals surface area contributed by atoms with Crippen LogP contribution in [0.25, 0.3) is 32.9 Å². The second-order valence-electron chi connectivity index (χ2n) is 14.0. The molecule has 50 heavy (non-hydrogen) atoms. The predicted octanol–water partition coefficient (Wildman–Crippen LogP) is 5.57. The SMILES string of the molecule is C#Cc1c(F)ccc2cc(O)cc(-c3ncc4c(N(C)C[C@@H]5CC(C)(C#N)CN5C(=O)C=C)nc(OCC56CCCN5CCC6)nc4c3F)c12. The van der Waals surface area contributed by atoms with Gasteiger partial charge in [0.25, 0.3) is 0 Å². The number of anilines is 1. The standard InChI is InChI=1S/C38H37F2N7O3/c1-5-26-29(39)10-9-23-15-25(48)16-27(31(23)26)33-32(40)34-28(18-42-33)35(44-36(43-34)50-22-38-11-7-13-46(38)14-8-12-38)45(4)19-24-17-37(3,20-41)21-47(24)30(49)6-2/h1,6,9-10,15-16,18,24,48H,2,7-8,11-14,17,19,21-22H2,3-4H3/t24-,37?/m0/s1. The molecular weight excluding hydrogens is 640 g/mol. The number of likely N-dealkylation sites (N-methyl/N-ethyl adjacent to an activating group) is 1. The molecule has 0 aliphatic carbocycles. The molecule has 10 nitrogen and oxygen atoms in total. The fraction of sp³-hybridized carbons (Fsp3) is 0.395. The van der Waals surface area contributed by atoms with Crippen LogP contribution in [0.5, 0.6) is 11.8 Å². The minimum atomic E-state index is -0.827. The molecule has 5 heterocycles. The smallest absolute Gasteiger partial charge is 0.319 e. The number of likely N-dealkylation sites (tertiary alicyclic amines) is 1. The van der Waals surface area contributed by atoms with Gasteiger partial charge in [-0.25, -0.2) is 8.78 Å². The van der Waals surface area contributed by atoms with E-state index in [1.54, 1.807) is 16.8 Å². The molecule has 7 rings (SSSR count). The first kappa shape index (κ1) is 33.2. The monoisotopic (exact) mass is 677 g/mol. The second kappa shape index (κ2) is 12.5. The highest BCUT2D eigenvalue weighted by Crippen LogP contribution is 2.41. The predicted molar refractivity (Wildman–Crippen MR) is 185 cm³/mol. The van der Waals surface area contributed by atoms with Crippen LogP contribution in [0.2, 0.25) is 0 Å². The molecule has 2 aromatic heterocycles. The number of hydrogen-bond donors (Lipinski definition) is 1. The van der Waals surface area contributed by atoms with Crippen LogP contribution in [0.1, 0.15) is 44.6 Å². The van der Waals surface area contributed by atoms with Gasteiger partial charge in [-0.1, -0.05) is 18.6 Å². The number of hydrogen-bond acceptors (Lipinski definition) is 9. The van der Waals surface area contributed by atoms with Gasteiger partial charge in [0.1, 0.15) is 35.2 Å². The van der Waals surface area contributed by atoms with Crippen molar-refractivity contribution in [2.75, 3.05) is 44.7 Å². The zero-order chi connectivity index (χ0) is 35.4. The fourth-order valence-corrected chi connectivity index (χ4v) is 8.20. The number of rotatable bonds is 8. The zero-order valence-electron chi connectivity index (χ0n) is 28.0. The molecule has 2 atom stereocenters. The van der Waals surface area contributed by atoms with Gasteiger partial charge in [-0.15, -0.1) is 6.42 Å². The fourth-order valence-electron chi connectivity index (χ4n) is 8.20. The Hall–Kier alpha value is -5.33. The molecule has 256 valence electrons. The van der Waals surface area contributed by atoms with Crippen molar-refractivity contribution in [1.82, 2.24) is 24.8 Å². The van der Waals surface area contributed by atoms with Crippen LogP contribution in [-0.2, 0) is 4.79 Å². The summed E-state index contributed by atoms with van der Waals surface area (Å²) >= 11 is 0. The third kappa shape index (κ3) is 5.54. The minimum Gasteiger partial charge on any atom is -0.508 e. The number of carbonyl (C=O) groups excluding carboxylic acids is 1. The van der Waals surface area contributed by atoms with Crippen LogP contribution >= 0.6 is 0 Å². The maximum Gasteiger partial charge on any atom is 0.319 e. The molecule has 3 aliphatic rings. The van der Waals surface area contributed by atoms with Crippen molar-refractivity contribution >= 4 is 33.4 Å². The van der Waals surface area contributed by atoms with E-state index in [4.69, 9.17) is 16.1 Å². The zero-order valence-corrected chi connectivity index (χ0v) is 28.0. The van der Waals surface area contributed by atoms with Crippen LogP contribution < -0.4 is 9.64 Å². The first-order valence-electron chi connectivity index (χ1n) is 16.7. The van der Waals surface area contributed by atoms with Crippen molar-refractivity contribution in [3.05, 3.63) is 60.3 Å². The summed E-state index contributed by atoms with van der Waals surface area (Å²) in [6.07, 6.45) is 12.9. The van der Waals surface area contributed by atoms with E-state index in [2.05, 4.69) is 33.4 Å². The molecule has 1 unspecified atom stereocenters. The minimum absolute atomic E-state index is 0.0213. The van der Waals surface area contributed by atoms with Crippen molar-refractivity contribution < 1.29 is 23.4 Å². The van der Waals surface area contributed by atoms with Gasteiger partial charge in [0, 0.05) is 37.3 Å². The molecule has 3 aliphatic heterocycles. The average Bonchev–Trinajstić information content (AvgIpc) is 3.79. The van der Waals surface area contributed by atoms with Gasteiger partial charge in [0.2, 0.25) is 5.91 Å². The van der Waals surface area contributed by atoms with Crippen LogP contribution in [0.15, 0.2) is 43.1 Å². The van der Waals surface area contributed by atoms with Crippen molar-refractivity contribution in [2.24, 2.45) is 5.41 Å². The number of phenolic OH excluding ortho intramolecular Hbond substituents is 1. The van der Waals surface area contributed by atoms with Crippen molar-refractivity contribution in [3.8, 4) is 41.4 Å². The lowest BCUT2D eigenvalue weighted by Crippen LogP contribution is -2.43. The van der Waals surface area contributed by atoms with E-state index in [0.717, 1.165) is 38.8 Å². The quantitative estimate of drug-likeness (QED) is 0.189. The van der Waals surface area contributed by atoms with E-state index in [9.17, 15) is 19.6 Å². The summed E-state index contributed by atoms with van der Waals surface area (Å²) in [5, 5.41) is 21.4. The van der Waals surface area contributed by atoms with E-state index in [1.807, 2.05) is 6.92 Å². The average molecular weight is 678 g/mol. The molecule has 0 spiro atoms. The highest BCUT2D eigenvalue weighted by atomic mass is 19.1. The molecule has 12 heteroatoms. The van der Waals surface area contributed by atoms with Gasteiger partial charge in [0.15, 0.2) is 5.82 Å². The van der Waals surface area contributed by atoms with E-state index < -0.39 is 17.0 Å². The lowest BCUT2D eigenvalue weighted by molar-refractivity contribution is -0.126. The Bertz CT molecular complexity index is 2130. The Morgan fingerprint density at radius 2 is 2.02 bits per heavy atom.